The second-order valence-corrected chi connectivity index (χ2v) is 9.46. The van der Waals surface area contributed by atoms with Crippen LogP contribution >= 0.6 is 23.2 Å². The lowest BCUT2D eigenvalue weighted by atomic mass is 10.1. The largest absolute Gasteiger partial charge is 0.493 e. The lowest BCUT2D eigenvalue weighted by Gasteiger charge is -2.30. The summed E-state index contributed by atoms with van der Waals surface area (Å²) in [5.41, 5.74) is 1.68. The van der Waals surface area contributed by atoms with Crippen LogP contribution in [0.3, 0.4) is 0 Å². The van der Waals surface area contributed by atoms with Gasteiger partial charge < -0.3 is 19.7 Å². The fourth-order valence-electron chi connectivity index (χ4n) is 4.24. The van der Waals surface area contributed by atoms with E-state index < -0.39 is 6.04 Å². The molecule has 0 radical (unpaired) electrons. The standard InChI is InChI=1S/C26H32Cl2N2O4/c1-17(26(32)29-21-6-4-5-7-21)30(16-19-10-11-20(27)15-22(19)28)25(31)13-9-18-8-12-23(33-2)24(14-18)34-3/h8,10-12,14-15,17,21H,4-7,9,13,16H2,1-3H3,(H,29,32)/t17-/m1/s1. The Kier molecular flexibility index (Phi) is 9.48. The van der Waals surface area contributed by atoms with E-state index in [4.69, 9.17) is 32.7 Å². The molecule has 3 rings (SSSR count). The van der Waals surface area contributed by atoms with Crippen LogP contribution in [0.4, 0.5) is 0 Å². The first-order valence-electron chi connectivity index (χ1n) is 11.6. The molecule has 1 fully saturated rings. The summed E-state index contributed by atoms with van der Waals surface area (Å²) < 4.78 is 10.7. The molecule has 1 atom stereocenters. The number of amides is 2. The van der Waals surface area contributed by atoms with Crippen molar-refractivity contribution in [1.29, 1.82) is 0 Å². The van der Waals surface area contributed by atoms with Crippen LogP contribution in [0.25, 0.3) is 0 Å². The minimum absolute atomic E-state index is 0.130. The third kappa shape index (κ3) is 6.80. The molecule has 1 N–H and O–H groups in total. The van der Waals surface area contributed by atoms with Crippen LogP contribution in [0.2, 0.25) is 10.0 Å². The van der Waals surface area contributed by atoms with Gasteiger partial charge in [-0.15, -0.1) is 0 Å². The normalized spacial score (nSPS) is 14.5. The first-order chi connectivity index (χ1) is 16.3. The van der Waals surface area contributed by atoms with Gasteiger partial charge in [0.2, 0.25) is 11.8 Å². The maximum Gasteiger partial charge on any atom is 0.242 e. The summed E-state index contributed by atoms with van der Waals surface area (Å²) in [6, 6.07) is 10.3. The van der Waals surface area contributed by atoms with Gasteiger partial charge in [0.1, 0.15) is 6.04 Å². The zero-order chi connectivity index (χ0) is 24.7. The molecule has 2 amide bonds. The van der Waals surface area contributed by atoms with Crippen LogP contribution in [0.1, 0.15) is 50.2 Å². The van der Waals surface area contributed by atoms with E-state index in [-0.39, 0.29) is 30.8 Å². The number of nitrogens with zero attached hydrogens (tertiary/aromatic N) is 1. The highest BCUT2D eigenvalue weighted by molar-refractivity contribution is 6.35. The Morgan fingerprint density at radius 3 is 2.41 bits per heavy atom. The summed E-state index contributed by atoms with van der Waals surface area (Å²) >= 11 is 12.4. The predicted octanol–water partition coefficient (Wildman–Crippen LogP) is 5.42. The first-order valence-corrected chi connectivity index (χ1v) is 12.3. The summed E-state index contributed by atoms with van der Waals surface area (Å²) in [7, 11) is 3.16. The van der Waals surface area contributed by atoms with E-state index in [1.807, 2.05) is 18.2 Å². The average Bonchev–Trinajstić information content (AvgIpc) is 3.34. The van der Waals surface area contributed by atoms with Crippen molar-refractivity contribution in [2.75, 3.05) is 14.2 Å². The number of carbonyl (C=O) groups excluding carboxylic acids is 2. The Balaban J connectivity index is 1.75. The smallest absolute Gasteiger partial charge is 0.242 e. The van der Waals surface area contributed by atoms with Crippen LogP contribution in [0.5, 0.6) is 11.5 Å². The van der Waals surface area contributed by atoms with Crippen molar-refractivity contribution in [3.63, 3.8) is 0 Å². The van der Waals surface area contributed by atoms with E-state index >= 15 is 0 Å². The van der Waals surface area contributed by atoms with E-state index in [0.717, 1.165) is 36.8 Å². The van der Waals surface area contributed by atoms with Crippen LogP contribution in [0.15, 0.2) is 36.4 Å². The Morgan fingerprint density at radius 2 is 1.76 bits per heavy atom. The molecule has 0 unspecified atom stereocenters. The summed E-state index contributed by atoms with van der Waals surface area (Å²) in [6.07, 6.45) is 4.94. The lowest BCUT2D eigenvalue weighted by Crippen LogP contribution is -2.49. The SMILES string of the molecule is COc1ccc(CCC(=O)N(Cc2ccc(Cl)cc2Cl)[C@H](C)C(=O)NC2CCCC2)cc1OC. The Morgan fingerprint density at radius 1 is 1.06 bits per heavy atom. The molecule has 8 heteroatoms. The van der Waals surface area contributed by atoms with E-state index in [2.05, 4.69) is 5.32 Å². The zero-order valence-corrected chi connectivity index (χ0v) is 21.4. The number of methoxy groups -OCH3 is 2. The van der Waals surface area contributed by atoms with Crippen LogP contribution in [0, 0.1) is 0 Å². The summed E-state index contributed by atoms with van der Waals surface area (Å²) in [6.45, 7) is 1.99. The molecule has 6 nitrogen and oxygen atoms in total. The van der Waals surface area contributed by atoms with Gasteiger partial charge in [-0.1, -0.05) is 48.2 Å². The number of benzene rings is 2. The molecule has 1 aliphatic rings. The molecule has 34 heavy (non-hydrogen) atoms. The molecule has 1 saturated carbocycles. The predicted molar refractivity (Wildman–Crippen MR) is 135 cm³/mol. The molecule has 0 spiro atoms. The number of hydrogen-bond donors (Lipinski definition) is 1. The Hall–Kier alpha value is -2.44. The van der Waals surface area contributed by atoms with Crippen molar-refractivity contribution in [2.24, 2.45) is 0 Å². The van der Waals surface area contributed by atoms with Gasteiger partial charge in [0.25, 0.3) is 0 Å². The molecule has 1 aliphatic carbocycles. The molecular weight excluding hydrogens is 475 g/mol. The third-order valence-electron chi connectivity index (χ3n) is 6.30. The number of nitrogens with one attached hydrogen (secondary N) is 1. The third-order valence-corrected chi connectivity index (χ3v) is 6.89. The minimum atomic E-state index is -0.634. The topological polar surface area (TPSA) is 67.9 Å². The minimum Gasteiger partial charge on any atom is -0.493 e. The Bertz CT molecular complexity index is 1010. The number of aryl methyl sites for hydroxylation is 1. The number of carbonyl (C=O) groups is 2. The quantitative estimate of drug-likeness (QED) is 0.467. The molecule has 0 saturated heterocycles. The molecule has 0 aliphatic heterocycles. The van der Waals surface area contributed by atoms with Gasteiger partial charge in [0.05, 0.1) is 14.2 Å². The Labute approximate surface area is 211 Å². The molecule has 184 valence electrons. The second-order valence-electron chi connectivity index (χ2n) is 8.61. The molecule has 0 bridgehead atoms. The molecule has 0 heterocycles. The van der Waals surface area contributed by atoms with Gasteiger partial charge in [-0.25, -0.2) is 0 Å². The van der Waals surface area contributed by atoms with Gasteiger partial charge in [-0.2, -0.15) is 0 Å². The molecule has 2 aromatic carbocycles. The van der Waals surface area contributed by atoms with Crippen molar-refractivity contribution in [3.8, 4) is 11.5 Å². The van der Waals surface area contributed by atoms with Crippen molar-refractivity contribution in [3.05, 3.63) is 57.6 Å². The molecule has 2 aromatic rings. The summed E-state index contributed by atoms with van der Waals surface area (Å²) in [4.78, 5) is 28.0. The maximum atomic E-state index is 13.4. The fourth-order valence-corrected chi connectivity index (χ4v) is 4.71. The second kappa shape index (κ2) is 12.3. The zero-order valence-electron chi connectivity index (χ0n) is 19.9. The van der Waals surface area contributed by atoms with Crippen LogP contribution < -0.4 is 14.8 Å². The van der Waals surface area contributed by atoms with Crippen LogP contribution in [-0.4, -0.2) is 43.0 Å². The summed E-state index contributed by atoms with van der Waals surface area (Å²) in [5.74, 6) is 0.974. The van der Waals surface area contributed by atoms with Gasteiger partial charge in [-0.05, 0) is 61.6 Å². The van der Waals surface area contributed by atoms with E-state index in [0.29, 0.717) is 28.0 Å². The number of rotatable bonds is 10. The van der Waals surface area contributed by atoms with E-state index in [9.17, 15) is 9.59 Å². The van der Waals surface area contributed by atoms with E-state index in [1.54, 1.807) is 44.2 Å². The first kappa shape index (κ1) is 26.2. The van der Waals surface area contributed by atoms with Gasteiger partial charge in [0.15, 0.2) is 11.5 Å². The van der Waals surface area contributed by atoms with Crippen molar-refractivity contribution < 1.29 is 19.1 Å². The van der Waals surface area contributed by atoms with Crippen LogP contribution in [-0.2, 0) is 22.6 Å². The molecular formula is C26H32Cl2N2O4. The highest BCUT2D eigenvalue weighted by atomic mass is 35.5. The van der Waals surface area contributed by atoms with Gasteiger partial charge in [0, 0.05) is 29.1 Å². The van der Waals surface area contributed by atoms with Crippen molar-refractivity contribution in [1.82, 2.24) is 10.2 Å². The fraction of sp³-hybridized carbons (Fsp3) is 0.462. The monoisotopic (exact) mass is 506 g/mol. The number of halogens is 2. The lowest BCUT2D eigenvalue weighted by molar-refractivity contribution is -0.140. The van der Waals surface area contributed by atoms with Crippen molar-refractivity contribution in [2.45, 2.75) is 64.1 Å². The highest BCUT2D eigenvalue weighted by Gasteiger charge is 2.28. The molecule has 0 aromatic heterocycles. The van der Waals surface area contributed by atoms with Gasteiger partial charge in [-0.3, -0.25) is 9.59 Å². The average molecular weight is 507 g/mol. The summed E-state index contributed by atoms with van der Waals surface area (Å²) in [5, 5.41) is 4.09. The van der Waals surface area contributed by atoms with E-state index in [1.165, 1.54) is 0 Å². The highest BCUT2D eigenvalue weighted by Crippen LogP contribution is 2.28. The number of ether oxygens (including phenoxy) is 2. The number of hydrogen-bond acceptors (Lipinski definition) is 4. The van der Waals surface area contributed by atoms with Gasteiger partial charge >= 0.3 is 0 Å². The van der Waals surface area contributed by atoms with Crippen molar-refractivity contribution >= 4 is 35.0 Å². The maximum absolute atomic E-state index is 13.4.